The fourth-order valence-electron chi connectivity index (χ4n) is 3.50. The second kappa shape index (κ2) is 8.07. The van der Waals surface area contributed by atoms with Gasteiger partial charge in [-0.25, -0.2) is 9.29 Å². The molecule has 0 saturated carbocycles. The first kappa shape index (κ1) is 20.3. The van der Waals surface area contributed by atoms with Crippen molar-refractivity contribution in [1.29, 1.82) is 0 Å². The lowest BCUT2D eigenvalue weighted by molar-refractivity contribution is -0.120. The molecule has 1 aliphatic heterocycles. The normalized spacial score (nSPS) is 13.7. The summed E-state index contributed by atoms with van der Waals surface area (Å²) in [7, 11) is 1.49. The van der Waals surface area contributed by atoms with Gasteiger partial charge in [0, 0.05) is 5.69 Å². The number of nitrogens with zero attached hydrogens (tertiary/aromatic N) is 1. The number of carbonyl (C=O) groups excluding carboxylic acids is 2. The summed E-state index contributed by atoms with van der Waals surface area (Å²) in [5.74, 6) is -0.937. The molecule has 0 bridgehead atoms. The molecular weight excluding hydrogens is 395 g/mol. The summed E-state index contributed by atoms with van der Waals surface area (Å²) in [6, 6.07) is 18.3. The number of anilines is 2. The Morgan fingerprint density at radius 1 is 0.839 bits per heavy atom. The molecule has 0 aliphatic carbocycles. The predicted molar refractivity (Wildman–Crippen MR) is 118 cm³/mol. The van der Waals surface area contributed by atoms with E-state index in [2.05, 4.69) is 5.32 Å². The molecular formula is C25H21FN2O3. The first-order valence-electron chi connectivity index (χ1n) is 9.76. The van der Waals surface area contributed by atoms with Gasteiger partial charge < -0.3 is 10.1 Å². The summed E-state index contributed by atoms with van der Waals surface area (Å²) in [5, 5.41) is 3.02. The van der Waals surface area contributed by atoms with Gasteiger partial charge >= 0.3 is 0 Å². The monoisotopic (exact) mass is 416 g/mol. The van der Waals surface area contributed by atoms with Gasteiger partial charge in [-0.1, -0.05) is 35.9 Å². The average molecular weight is 416 g/mol. The van der Waals surface area contributed by atoms with Gasteiger partial charge in [0.15, 0.2) is 0 Å². The quantitative estimate of drug-likeness (QED) is 0.604. The fraction of sp³-hybridized carbons (Fsp3) is 0.120. The molecule has 0 saturated heterocycles. The third kappa shape index (κ3) is 3.80. The zero-order valence-electron chi connectivity index (χ0n) is 17.4. The molecule has 1 N–H and O–H groups in total. The van der Waals surface area contributed by atoms with Gasteiger partial charge in [-0.2, -0.15) is 0 Å². The third-order valence-electron chi connectivity index (χ3n) is 5.11. The van der Waals surface area contributed by atoms with E-state index in [4.69, 9.17) is 4.74 Å². The topological polar surface area (TPSA) is 58.6 Å². The zero-order chi connectivity index (χ0) is 22.1. The summed E-state index contributed by atoms with van der Waals surface area (Å²) in [6.45, 7) is 3.82. The third-order valence-corrected chi connectivity index (χ3v) is 5.11. The van der Waals surface area contributed by atoms with Gasteiger partial charge in [0.05, 0.1) is 18.4 Å². The van der Waals surface area contributed by atoms with E-state index in [9.17, 15) is 14.0 Å². The molecule has 1 heterocycles. The summed E-state index contributed by atoms with van der Waals surface area (Å²) >= 11 is 0. The molecule has 0 fully saturated rings. The molecule has 0 atom stereocenters. The maximum atomic E-state index is 13.5. The Balaban J connectivity index is 1.85. The van der Waals surface area contributed by atoms with E-state index in [1.54, 1.807) is 24.3 Å². The fourth-order valence-corrected chi connectivity index (χ4v) is 3.50. The van der Waals surface area contributed by atoms with E-state index in [1.807, 2.05) is 32.0 Å². The first-order valence-corrected chi connectivity index (χ1v) is 9.76. The van der Waals surface area contributed by atoms with Gasteiger partial charge in [0.25, 0.3) is 11.8 Å². The van der Waals surface area contributed by atoms with Crippen LogP contribution >= 0.6 is 0 Å². The van der Waals surface area contributed by atoms with Crippen LogP contribution in [0.15, 0.2) is 72.4 Å². The Bertz CT molecular complexity index is 1200. The molecule has 0 aromatic heterocycles. The van der Waals surface area contributed by atoms with Crippen LogP contribution in [0.2, 0.25) is 0 Å². The van der Waals surface area contributed by atoms with E-state index in [0.29, 0.717) is 22.7 Å². The number of aryl methyl sites for hydroxylation is 2. The molecule has 0 unspecified atom stereocenters. The number of rotatable bonds is 5. The average Bonchev–Trinajstić information content (AvgIpc) is 3.00. The van der Waals surface area contributed by atoms with Crippen LogP contribution in [0.4, 0.5) is 15.8 Å². The Labute approximate surface area is 179 Å². The number of amides is 2. The Hall–Kier alpha value is -3.93. The molecule has 2 amide bonds. The molecule has 31 heavy (non-hydrogen) atoms. The first-order chi connectivity index (χ1) is 14.9. The number of nitrogens with one attached hydrogen (secondary N) is 1. The number of carbonyl (C=O) groups is 2. The highest BCUT2D eigenvalue weighted by molar-refractivity contribution is 6.46. The van der Waals surface area contributed by atoms with Gasteiger partial charge in [-0.3, -0.25) is 9.59 Å². The molecule has 6 heteroatoms. The lowest BCUT2D eigenvalue weighted by Crippen LogP contribution is -2.32. The lowest BCUT2D eigenvalue weighted by atomic mass is 10.0. The van der Waals surface area contributed by atoms with Crippen molar-refractivity contribution in [3.05, 3.63) is 94.9 Å². The summed E-state index contributed by atoms with van der Waals surface area (Å²) in [6.07, 6.45) is 0. The zero-order valence-corrected chi connectivity index (χ0v) is 17.4. The lowest BCUT2D eigenvalue weighted by Gasteiger charge is -2.19. The van der Waals surface area contributed by atoms with E-state index >= 15 is 0 Å². The van der Waals surface area contributed by atoms with Crippen LogP contribution in [-0.2, 0) is 9.59 Å². The minimum Gasteiger partial charge on any atom is -0.495 e. The van der Waals surface area contributed by atoms with Crippen LogP contribution in [0.3, 0.4) is 0 Å². The Morgan fingerprint density at radius 3 is 2.13 bits per heavy atom. The van der Waals surface area contributed by atoms with Crippen LogP contribution in [0.5, 0.6) is 5.75 Å². The van der Waals surface area contributed by atoms with Crippen molar-refractivity contribution >= 4 is 28.8 Å². The molecule has 3 aromatic carbocycles. The summed E-state index contributed by atoms with van der Waals surface area (Å²) in [4.78, 5) is 28.1. The summed E-state index contributed by atoms with van der Waals surface area (Å²) in [5.41, 5.74) is 3.78. The number of benzene rings is 3. The highest BCUT2D eigenvalue weighted by Gasteiger charge is 2.41. The van der Waals surface area contributed by atoms with Crippen molar-refractivity contribution in [2.45, 2.75) is 13.8 Å². The SMILES string of the molecule is COc1ccc(C)cc1N1C(=O)C(Nc2ccc(F)cc2)=C(c2ccc(C)cc2)C1=O. The van der Waals surface area contributed by atoms with Crippen LogP contribution in [0.25, 0.3) is 5.57 Å². The highest BCUT2D eigenvalue weighted by Crippen LogP contribution is 2.38. The van der Waals surface area contributed by atoms with Gasteiger partial charge in [0.1, 0.15) is 17.3 Å². The van der Waals surface area contributed by atoms with E-state index in [-0.39, 0.29) is 11.3 Å². The van der Waals surface area contributed by atoms with Crippen molar-refractivity contribution < 1.29 is 18.7 Å². The van der Waals surface area contributed by atoms with Crippen molar-refractivity contribution in [3.63, 3.8) is 0 Å². The van der Waals surface area contributed by atoms with Gasteiger partial charge in [0.2, 0.25) is 0 Å². The number of hydrogen-bond donors (Lipinski definition) is 1. The molecule has 5 nitrogen and oxygen atoms in total. The second-order valence-electron chi connectivity index (χ2n) is 7.37. The molecule has 0 radical (unpaired) electrons. The van der Waals surface area contributed by atoms with Crippen molar-refractivity contribution in [1.82, 2.24) is 0 Å². The molecule has 156 valence electrons. The second-order valence-corrected chi connectivity index (χ2v) is 7.37. The standard InChI is InChI=1S/C25H21FN2O3/c1-15-4-7-17(8-5-15)22-23(27-19-11-9-18(26)10-12-19)25(30)28(24(22)29)20-14-16(2)6-13-21(20)31-3/h4-14,27H,1-3H3. The van der Waals surface area contributed by atoms with E-state index < -0.39 is 17.6 Å². The molecule has 4 rings (SSSR count). The minimum atomic E-state index is -0.506. The molecule has 0 spiro atoms. The minimum absolute atomic E-state index is 0.129. The molecule has 1 aliphatic rings. The van der Waals surface area contributed by atoms with Crippen molar-refractivity contribution in [3.8, 4) is 5.75 Å². The van der Waals surface area contributed by atoms with Crippen molar-refractivity contribution in [2.24, 2.45) is 0 Å². The summed E-state index contributed by atoms with van der Waals surface area (Å²) < 4.78 is 18.7. The predicted octanol–water partition coefficient (Wildman–Crippen LogP) is 4.85. The van der Waals surface area contributed by atoms with E-state index in [0.717, 1.165) is 16.0 Å². The van der Waals surface area contributed by atoms with Crippen LogP contribution in [0, 0.1) is 19.7 Å². The van der Waals surface area contributed by atoms with E-state index in [1.165, 1.54) is 31.4 Å². The number of halogens is 1. The number of methoxy groups -OCH3 is 1. The smallest absolute Gasteiger partial charge is 0.282 e. The maximum Gasteiger partial charge on any atom is 0.282 e. The number of imide groups is 1. The number of ether oxygens (including phenoxy) is 1. The van der Waals surface area contributed by atoms with Crippen LogP contribution in [0.1, 0.15) is 16.7 Å². The van der Waals surface area contributed by atoms with Crippen LogP contribution < -0.4 is 15.0 Å². The highest BCUT2D eigenvalue weighted by atomic mass is 19.1. The van der Waals surface area contributed by atoms with Gasteiger partial charge in [-0.15, -0.1) is 0 Å². The maximum absolute atomic E-state index is 13.5. The number of hydrogen-bond acceptors (Lipinski definition) is 4. The Kier molecular flexibility index (Phi) is 5.29. The largest absolute Gasteiger partial charge is 0.495 e. The van der Waals surface area contributed by atoms with Crippen LogP contribution in [-0.4, -0.2) is 18.9 Å². The molecule has 3 aromatic rings. The van der Waals surface area contributed by atoms with Gasteiger partial charge in [-0.05, 0) is 61.4 Å². The Morgan fingerprint density at radius 2 is 1.48 bits per heavy atom. The van der Waals surface area contributed by atoms with Crippen molar-refractivity contribution in [2.75, 3.05) is 17.3 Å².